The van der Waals surface area contributed by atoms with Crippen molar-refractivity contribution in [3.8, 4) is 0 Å². The molecule has 0 heterocycles. The SMILES string of the molecule is CCCCCCCCCC(=O)OCC(O)CCc1ccc([N+](=O)[O-])cc1. The molecule has 0 aliphatic carbocycles. The van der Waals surface area contributed by atoms with Crippen LogP contribution in [-0.2, 0) is 16.0 Å². The molecule has 146 valence electrons. The molecule has 0 fully saturated rings. The van der Waals surface area contributed by atoms with E-state index in [0.717, 1.165) is 24.8 Å². The minimum Gasteiger partial charge on any atom is -0.463 e. The molecule has 1 N–H and O–H groups in total. The van der Waals surface area contributed by atoms with Gasteiger partial charge in [-0.15, -0.1) is 0 Å². The Kier molecular flexibility index (Phi) is 11.3. The van der Waals surface area contributed by atoms with Gasteiger partial charge in [-0.1, -0.05) is 57.6 Å². The molecule has 0 aliphatic heterocycles. The molecule has 0 radical (unpaired) electrons. The van der Waals surface area contributed by atoms with Crippen molar-refractivity contribution in [2.24, 2.45) is 0 Å². The van der Waals surface area contributed by atoms with E-state index in [1.807, 2.05) is 0 Å². The third kappa shape index (κ3) is 10.1. The van der Waals surface area contributed by atoms with Gasteiger partial charge in [0.1, 0.15) is 6.61 Å². The first-order valence-corrected chi connectivity index (χ1v) is 9.60. The zero-order chi connectivity index (χ0) is 19.2. The van der Waals surface area contributed by atoms with Gasteiger partial charge in [0.15, 0.2) is 0 Å². The van der Waals surface area contributed by atoms with Crippen molar-refractivity contribution in [2.75, 3.05) is 6.61 Å². The van der Waals surface area contributed by atoms with E-state index < -0.39 is 11.0 Å². The third-order valence-corrected chi connectivity index (χ3v) is 4.33. The summed E-state index contributed by atoms with van der Waals surface area (Å²) in [5, 5.41) is 20.5. The maximum absolute atomic E-state index is 11.7. The number of hydrogen-bond acceptors (Lipinski definition) is 5. The number of rotatable bonds is 14. The number of carbonyl (C=O) groups excluding carboxylic acids is 1. The summed E-state index contributed by atoms with van der Waals surface area (Å²) in [5.74, 6) is -0.257. The second-order valence-corrected chi connectivity index (χ2v) is 6.67. The summed E-state index contributed by atoms with van der Waals surface area (Å²) >= 11 is 0. The molecular formula is C20H31NO5. The molecule has 1 aromatic carbocycles. The van der Waals surface area contributed by atoms with E-state index in [0.29, 0.717) is 19.3 Å². The Bertz CT molecular complexity index is 530. The maximum Gasteiger partial charge on any atom is 0.305 e. The van der Waals surface area contributed by atoms with Gasteiger partial charge in [-0.05, 0) is 24.8 Å². The summed E-state index contributed by atoms with van der Waals surface area (Å²) in [7, 11) is 0. The van der Waals surface area contributed by atoms with Crippen molar-refractivity contribution in [3.05, 3.63) is 39.9 Å². The number of unbranched alkanes of at least 4 members (excludes halogenated alkanes) is 6. The first-order chi connectivity index (χ1) is 12.5. The van der Waals surface area contributed by atoms with Gasteiger partial charge in [-0.2, -0.15) is 0 Å². The number of aliphatic hydroxyl groups excluding tert-OH is 1. The Morgan fingerprint density at radius 1 is 1.12 bits per heavy atom. The van der Waals surface area contributed by atoms with Crippen LogP contribution in [0.25, 0.3) is 0 Å². The van der Waals surface area contributed by atoms with E-state index in [1.165, 1.54) is 37.8 Å². The molecule has 0 spiro atoms. The Morgan fingerprint density at radius 2 is 1.73 bits per heavy atom. The molecule has 1 atom stereocenters. The van der Waals surface area contributed by atoms with Gasteiger partial charge in [0, 0.05) is 18.6 Å². The lowest BCUT2D eigenvalue weighted by atomic mass is 10.1. The summed E-state index contributed by atoms with van der Waals surface area (Å²) in [6.07, 6.45) is 8.75. The van der Waals surface area contributed by atoms with Gasteiger partial charge < -0.3 is 9.84 Å². The Labute approximate surface area is 155 Å². The average molecular weight is 365 g/mol. The van der Waals surface area contributed by atoms with E-state index in [1.54, 1.807) is 12.1 Å². The lowest BCUT2D eigenvalue weighted by Gasteiger charge is -2.11. The van der Waals surface area contributed by atoms with Gasteiger partial charge in [-0.3, -0.25) is 14.9 Å². The number of esters is 1. The number of ether oxygens (including phenoxy) is 1. The predicted molar refractivity (Wildman–Crippen MR) is 101 cm³/mol. The molecule has 0 aromatic heterocycles. The molecule has 1 rings (SSSR count). The molecule has 1 unspecified atom stereocenters. The molecule has 0 amide bonds. The fraction of sp³-hybridized carbons (Fsp3) is 0.650. The van der Waals surface area contributed by atoms with Crippen LogP contribution in [0.5, 0.6) is 0 Å². The van der Waals surface area contributed by atoms with E-state index in [2.05, 4.69) is 6.92 Å². The highest BCUT2D eigenvalue weighted by Crippen LogP contribution is 2.14. The first-order valence-electron chi connectivity index (χ1n) is 9.60. The second-order valence-electron chi connectivity index (χ2n) is 6.67. The zero-order valence-electron chi connectivity index (χ0n) is 15.7. The van der Waals surface area contributed by atoms with Crippen LogP contribution < -0.4 is 0 Å². The number of nitro groups is 1. The fourth-order valence-electron chi connectivity index (χ4n) is 2.69. The van der Waals surface area contributed by atoms with Crippen LogP contribution in [-0.4, -0.2) is 28.7 Å². The van der Waals surface area contributed by atoms with Crippen molar-refractivity contribution >= 4 is 11.7 Å². The molecule has 26 heavy (non-hydrogen) atoms. The highest BCUT2D eigenvalue weighted by molar-refractivity contribution is 5.69. The Hall–Kier alpha value is -1.95. The standard InChI is InChI=1S/C20H31NO5/c1-2-3-4-5-6-7-8-9-20(23)26-16-19(22)15-12-17-10-13-18(14-11-17)21(24)25/h10-11,13-14,19,22H,2-9,12,15-16H2,1H3. The van der Waals surface area contributed by atoms with Crippen LogP contribution in [0.15, 0.2) is 24.3 Å². The normalized spacial score (nSPS) is 11.9. The Balaban J connectivity index is 2.09. The highest BCUT2D eigenvalue weighted by atomic mass is 16.6. The van der Waals surface area contributed by atoms with Gasteiger partial charge in [0.25, 0.3) is 5.69 Å². The summed E-state index contributed by atoms with van der Waals surface area (Å²) in [6, 6.07) is 6.25. The van der Waals surface area contributed by atoms with Gasteiger partial charge in [0.2, 0.25) is 0 Å². The fourth-order valence-corrected chi connectivity index (χ4v) is 2.69. The van der Waals surface area contributed by atoms with Crippen molar-refractivity contribution in [1.29, 1.82) is 0 Å². The van der Waals surface area contributed by atoms with E-state index >= 15 is 0 Å². The number of nitro benzene ring substituents is 1. The van der Waals surface area contributed by atoms with Crippen LogP contribution in [0.3, 0.4) is 0 Å². The minimum absolute atomic E-state index is 0.00230. The summed E-state index contributed by atoms with van der Waals surface area (Å²) in [5.41, 5.74) is 0.956. The van der Waals surface area contributed by atoms with Crippen LogP contribution in [0.1, 0.15) is 70.3 Å². The topological polar surface area (TPSA) is 89.7 Å². The number of aryl methyl sites for hydroxylation is 1. The smallest absolute Gasteiger partial charge is 0.305 e. The molecule has 6 nitrogen and oxygen atoms in total. The van der Waals surface area contributed by atoms with Gasteiger partial charge in [-0.25, -0.2) is 0 Å². The first kappa shape index (κ1) is 22.1. The molecular weight excluding hydrogens is 334 g/mol. The molecule has 0 aliphatic rings. The number of carbonyl (C=O) groups is 1. The molecule has 1 aromatic rings. The van der Waals surface area contributed by atoms with Crippen molar-refractivity contribution in [2.45, 2.75) is 77.2 Å². The maximum atomic E-state index is 11.7. The quantitative estimate of drug-likeness (QED) is 0.226. The lowest BCUT2D eigenvalue weighted by molar-refractivity contribution is -0.384. The molecule has 6 heteroatoms. The van der Waals surface area contributed by atoms with Gasteiger partial charge >= 0.3 is 5.97 Å². The monoisotopic (exact) mass is 365 g/mol. The average Bonchev–Trinajstić information content (AvgIpc) is 2.64. The molecule has 0 bridgehead atoms. The lowest BCUT2D eigenvalue weighted by Crippen LogP contribution is -2.19. The van der Waals surface area contributed by atoms with Crippen molar-refractivity contribution in [1.82, 2.24) is 0 Å². The number of hydrogen-bond donors (Lipinski definition) is 1. The highest BCUT2D eigenvalue weighted by Gasteiger charge is 2.10. The van der Waals surface area contributed by atoms with E-state index in [-0.39, 0.29) is 18.3 Å². The molecule has 0 saturated heterocycles. The second kappa shape index (κ2) is 13.3. The van der Waals surface area contributed by atoms with Crippen molar-refractivity contribution in [3.63, 3.8) is 0 Å². The largest absolute Gasteiger partial charge is 0.463 e. The number of aliphatic hydroxyl groups is 1. The number of non-ortho nitro benzene ring substituents is 1. The van der Waals surface area contributed by atoms with E-state index in [4.69, 9.17) is 4.74 Å². The summed E-state index contributed by atoms with van der Waals surface area (Å²) < 4.78 is 5.11. The minimum atomic E-state index is -0.719. The number of benzene rings is 1. The molecule has 0 saturated carbocycles. The number of nitrogens with zero attached hydrogens (tertiary/aromatic N) is 1. The van der Waals surface area contributed by atoms with Crippen LogP contribution in [0, 0.1) is 10.1 Å². The van der Waals surface area contributed by atoms with E-state index in [9.17, 15) is 20.0 Å². The van der Waals surface area contributed by atoms with Crippen LogP contribution in [0.2, 0.25) is 0 Å². The predicted octanol–water partition coefficient (Wildman–Crippen LogP) is 4.57. The third-order valence-electron chi connectivity index (χ3n) is 4.33. The van der Waals surface area contributed by atoms with Crippen LogP contribution in [0.4, 0.5) is 5.69 Å². The zero-order valence-corrected chi connectivity index (χ0v) is 15.7. The summed E-state index contributed by atoms with van der Waals surface area (Å²) in [4.78, 5) is 21.8. The Morgan fingerprint density at radius 3 is 2.35 bits per heavy atom. The summed E-state index contributed by atoms with van der Waals surface area (Å²) in [6.45, 7) is 2.19. The van der Waals surface area contributed by atoms with Crippen molar-refractivity contribution < 1.29 is 19.6 Å². The van der Waals surface area contributed by atoms with Gasteiger partial charge in [0.05, 0.1) is 11.0 Å². The van der Waals surface area contributed by atoms with Crippen LogP contribution >= 0.6 is 0 Å².